The number of pyridine rings is 1. The minimum absolute atomic E-state index is 0.0241. The third-order valence-electron chi connectivity index (χ3n) is 5.58. The summed E-state index contributed by atoms with van der Waals surface area (Å²) in [6, 6.07) is 18.9. The molecule has 1 aromatic heterocycles. The van der Waals surface area contributed by atoms with E-state index in [1.807, 2.05) is 48.5 Å². The van der Waals surface area contributed by atoms with Crippen molar-refractivity contribution in [1.82, 2.24) is 9.47 Å². The molecule has 0 spiro atoms. The second-order valence-corrected chi connectivity index (χ2v) is 8.23. The highest BCUT2D eigenvalue weighted by Gasteiger charge is 2.32. The summed E-state index contributed by atoms with van der Waals surface area (Å²) in [5, 5.41) is 3.47. The van der Waals surface area contributed by atoms with Crippen LogP contribution < -0.4 is 10.9 Å². The Morgan fingerprint density at radius 2 is 1.72 bits per heavy atom. The van der Waals surface area contributed by atoms with Gasteiger partial charge in [0.15, 0.2) is 0 Å². The first-order valence-corrected chi connectivity index (χ1v) is 11.0. The number of halogens is 1. The zero-order chi connectivity index (χ0) is 22.5. The Labute approximate surface area is 191 Å². The first-order valence-electron chi connectivity index (χ1n) is 10.6. The van der Waals surface area contributed by atoms with E-state index in [0.717, 1.165) is 24.0 Å². The first-order chi connectivity index (χ1) is 15.5. The maximum absolute atomic E-state index is 13.4. The predicted octanol–water partition coefficient (Wildman–Crippen LogP) is 4.24. The number of amides is 2. The highest BCUT2D eigenvalue weighted by molar-refractivity contribution is 6.31. The van der Waals surface area contributed by atoms with Crippen LogP contribution in [0.1, 0.15) is 36.4 Å². The summed E-state index contributed by atoms with van der Waals surface area (Å²) in [4.78, 5) is 40.0. The molecular formula is C25H24ClN3O3. The van der Waals surface area contributed by atoms with Crippen molar-refractivity contribution >= 4 is 29.1 Å². The molecule has 7 heteroatoms. The largest absolute Gasteiger partial charge is 0.327 e. The molecule has 4 rings (SSSR count). The number of carbonyl (C=O) groups excluding carboxylic acids is 2. The van der Waals surface area contributed by atoms with Crippen molar-refractivity contribution in [1.29, 1.82) is 0 Å². The number of hydrogen-bond donors (Lipinski definition) is 1. The molecule has 3 aromatic rings. The van der Waals surface area contributed by atoms with Crippen LogP contribution in [0.5, 0.6) is 0 Å². The van der Waals surface area contributed by atoms with Gasteiger partial charge < -0.3 is 14.8 Å². The number of benzene rings is 2. The minimum Gasteiger partial charge on any atom is -0.327 e. The number of anilines is 1. The number of carbonyl (C=O) groups is 2. The van der Waals surface area contributed by atoms with Gasteiger partial charge in [0.25, 0.3) is 11.5 Å². The molecule has 1 unspecified atom stereocenters. The molecule has 2 amide bonds. The average Bonchev–Trinajstić information content (AvgIpc) is 2.80. The SMILES string of the molecule is O=C(Nc1ccc(=O)n(Cc2ccccc2Cl)c1)C(c1ccccc1)N1CCCCC1=O. The Bertz CT molecular complexity index is 1180. The fourth-order valence-electron chi connectivity index (χ4n) is 3.96. The molecule has 0 bridgehead atoms. The lowest BCUT2D eigenvalue weighted by Gasteiger charge is -2.34. The van der Waals surface area contributed by atoms with Gasteiger partial charge in [0.05, 0.1) is 12.2 Å². The van der Waals surface area contributed by atoms with Crippen LogP contribution in [0.15, 0.2) is 77.7 Å². The van der Waals surface area contributed by atoms with E-state index in [4.69, 9.17) is 11.6 Å². The van der Waals surface area contributed by atoms with Crippen LogP contribution in [0.3, 0.4) is 0 Å². The summed E-state index contributed by atoms with van der Waals surface area (Å²) in [5.74, 6) is -0.335. The summed E-state index contributed by atoms with van der Waals surface area (Å²) >= 11 is 6.24. The number of nitrogens with zero attached hydrogens (tertiary/aromatic N) is 2. The van der Waals surface area contributed by atoms with Gasteiger partial charge in [0.2, 0.25) is 5.91 Å². The fourth-order valence-corrected chi connectivity index (χ4v) is 4.15. The monoisotopic (exact) mass is 449 g/mol. The molecule has 1 saturated heterocycles. The molecule has 2 heterocycles. The third-order valence-corrected chi connectivity index (χ3v) is 5.95. The molecule has 1 atom stereocenters. The molecule has 0 saturated carbocycles. The van der Waals surface area contributed by atoms with Gasteiger partial charge in [-0.05, 0) is 36.1 Å². The van der Waals surface area contributed by atoms with Gasteiger partial charge in [-0.1, -0.05) is 60.1 Å². The van der Waals surface area contributed by atoms with Gasteiger partial charge in [-0.25, -0.2) is 0 Å². The average molecular weight is 450 g/mol. The van der Waals surface area contributed by atoms with E-state index in [9.17, 15) is 14.4 Å². The molecule has 1 aliphatic rings. The van der Waals surface area contributed by atoms with Crippen LogP contribution in [0, 0.1) is 0 Å². The normalized spacial score (nSPS) is 14.8. The minimum atomic E-state index is -0.729. The molecule has 0 radical (unpaired) electrons. The predicted molar refractivity (Wildman–Crippen MR) is 125 cm³/mol. The van der Waals surface area contributed by atoms with Gasteiger partial charge in [0, 0.05) is 30.3 Å². The molecule has 2 aromatic carbocycles. The zero-order valence-corrected chi connectivity index (χ0v) is 18.3. The molecule has 32 heavy (non-hydrogen) atoms. The van der Waals surface area contributed by atoms with Crippen LogP contribution in [-0.4, -0.2) is 27.8 Å². The maximum Gasteiger partial charge on any atom is 0.251 e. The molecular weight excluding hydrogens is 426 g/mol. The van der Waals surface area contributed by atoms with Crippen LogP contribution in [0.25, 0.3) is 0 Å². The van der Waals surface area contributed by atoms with E-state index < -0.39 is 6.04 Å². The lowest BCUT2D eigenvalue weighted by molar-refractivity contribution is -0.141. The molecule has 6 nitrogen and oxygen atoms in total. The van der Waals surface area contributed by atoms with Crippen molar-refractivity contribution in [3.63, 3.8) is 0 Å². The first kappa shape index (κ1) is 21.8. The van der Waals surface area contributed by atoms with Gasteiger partial charge in [-0.2, -0.15) is 0 Å². The van der Waals surface area contributed by atoms with Gasteiger partial charge in [-0.3, -0.25) is 14.4 Å². The second kappa shape index (κ2) is 9.83. The van der Waals surface area contributed by atoms with Crippen LogP contribution in [0.4, 0.5) is 5.69 Å². The van der Waals surface area contributed by atoms with E-state index in [0.29, 0.717) is 23.7 Å². The Kier molecular flexibility index (Phi) is 6.71. The number of likely N-dealkylation sites (tertiary alicyclic amines) is 1. The van der Waals surface area contributed by atoms with E-state index >= 15 is 0 Å². The van der Waals surface area contributed by atoms with Crippen LogP contribution in [-0.2, 0) is 16.1 Å². The third kappa shape index (κ3) is 4.92. The van der Waals surface area contributed by atoms with Gasteiger partial charge in [0.1, 0.15) is 6.04 Å². The van der Waals surface area contributed by atoms with Crippen LogP contribution >= 0.6 is 11.6 Å². The quantitative estimate of drug-likeness (QED) is 0.611. The Morgan fingerprint density at radius 1 is 0.969 bits per heavy atom. The number of nitrogens with one attached hydrogen (secondary N) is 1. The van der Waals surface area contributed by atoms with Crippen molar-refractivity contribution < 1.29 is 9.59 Å². The zero-order valence-electron chi connectivity index (χ0n) is 17.5. The summed E-state index contributed by atoms with van der Waals surface area (Å²) < 4.78 is 1.50. The highest BCUT2D eigenvalue weighted by atomic mass is 35.5. The van der Waals surface area contributed by atoms with E-state index in [2.05, 4.69) is 5.32 Å². The maximum atomic E-state index is 13.4. The van der Waals surface area contributed by atoms with Crippen molar-refractivity contribution in [2.75, 3.05) is 11.9 Å². The van der Waals surface area contributed by atoms with Crippen molar-refractivity contribution in [3.8, 4) is 0 Å². The molecule has 0 aliphatic carbocycles. The molecule has 1 fully saturated rings. The van der Waals surface area contributed by atoms with E-state index in [1.165, 1.54) is 10.6 Å². The number of aromatic nitrogens is 1. The highest BCUT2D eigenvalue weighted by Crippen LogP contribution is 2.27. The summed E-state index contributed by atoms with van der Waals surface area (Å²) in [6.07, 6.45) is 3.75. The van der Waals surface area contributed by atoms with Crippen molar-refractivity contribution in [2.45, 2.75) is 31.8 Å². The standard InChI is InChI=1S/C25H24ClN3O3/c26-21-11-5-4-10-19(21)16-28-17-20(13-14-22(28)30)27-25(32)24(18-8-2-1-3-9-18)29-15-7-6-12-23(29)31/h1-5,8-11,13-14,17,24H,6-7,12,15-16H2,(H,27,32). The van der Waals surface area contributed by atoms with E-state index in [1.54, 1.807) is 23.2 Å². The molecule has 164 valence electrons. The smallest absolute Gasteiger partial charge is 0.251 e. The van der Waals surface area contributed by atoms with Crippen LogP contribution in [0.2, 0.25) is 5.02 Å². The Balaban J connectivity index is 1.60. The lowest BCUT2D eigenvalue weighted by Crippen LogP contribution is -2.43. The van der Waals surface area contributed by atoms with Gasteiger partial charge in [-0.15, -0.1) is 0 Å². The summed E-state index contributed by atoms with van der Waals surface area (Å²) in [7, 11) is 0. The Hall–Kier alpha value is -3.38. The molecule has 1 N–H and O–H groups in total. The number of hydrogen-bond acceptors (Lipinski definition) is 3. The lowest BCUT2D eigenvalue weighted by atomic mass is 10.0. The summed E-state index contributed by atoms with van der Waals surface area (Å²) in [5.41, 5.74) is 1.84. The summed E-state index contributed by atoms with van der Waals surface area (Å²) in [6.45, 7) is 0.826. The van der Waals surface area contributed by atoms with E-state index in [-0.39, 0.29) is 23.9 Å². The molecule has 1 aliphatic heterocycles. The Morgan fingerprint density at radius 3 is 2.47 bits per heavy atom. The van der Waals surface area contributed by atoms with Crippen molar-refractivity contribution in [2.24, 2.45) is 0 Å². The number of piperidine rings is 1. The topological polar surface area (TPSA) is 71.4 Å². The van der Waals surface area contributed by atoms with Gasteiger partial charge >= 0.3 is 0 Å². The fraction of sp³-hybridized carbons (Fsp3) is 0.240. The number of rotatable bonds is 6. The van der Waals surface area contributed by atoms with Crippen molar-refractivity contribution in [3.05, 3.63) is 99.4 Å². The second-order valence-electron chi connectivity index (χ2n) is 7.82.